The second kappa shape index (κ2) is 10.8. The molecule has 0 radical (unpaired) electrons. The van der Waals surface area contributed by atoms with E-state index in [4.69, 9.17) is 9.72 Å². The fourth-order valence-corrected chi connectivity index (χ4v) is 9.94. The van der Waals surface area contributed by atoms with Crippen LogP contribution in [0.15, 0.2) is 121 Å². The Balaban J connectivity index is 1.12. The summed E-state index contributed by atoms with van der Waals surface area (Å²) in [7, 11) is 2.17. The van der Waals surface area contributed by atoms with Crippen LogP contribution in [0.5, 0.6) is 11.5 Å². The van der Waals surface area contributed by atoms with Crippen LogP contribution in [-0.2, 0) is 5.41 Å². The summed E-state index contributed by atoms with van der Waals surface area (Å²) in [5, 5.41) is 7.52. The molecule has 0 unspecified atom stereocenters. The monoisotopic (exact) mass is 686 g/mol. The molecule has 4 aromatic heterocycles. The Kier molecular flexibility index (Phi) is 6.39. The van der Waals surface area contributed by atoms with Gasteiger partial charge < -0.3 is 14.5 Å². The van der Waals surface area contributed by atoms with Gasteiger partial charge >= 0.3 is 0 Å². The predicted molar refractivity (Wildman–Crippen MR) is 214 cm³/mol. The van der Waals surface area contributed by atoms with E-state index in [0.29, 0.717) is 0 Å². The van der Waals surface area contributed by atoms with Crippen LogP contribution in [0.3, 0.4) is 0 Å². The van der Waals surface area contributed by atoms with Crippen LogP contribution >= 0.6 is 22.7 Å². The van der Waals surface area contributed by atoms with Gasteiger partial charge in [0, 0.05) is 72.1 Å². The van der Waals surface area contributed by atoms with Crippen LogP contribution in [0.25, 0.3) is 57.9 Å². The molecule has 0 N–H and O–H groups in total. The number of rotatable bonds is 4. The van der Waals surface area contributed by atoms with Crippen LogP contribution in [-0.4, -0.2) is 23.3 Å². The molecule has 9 aromatic rings. The highest BCUT2D eigenvalue weighted by Gasteiger charge is 2.29. The van der Waals surface area contributed by atoms with Gasteiger partial charge in [-0.2, -0.15) is 0 Å². The summed E-state index contributed by atoms with van der Waals surface area (Å²) in [6.07, 6.45) is 1.95. The van der Waals surface area contributed by atoms with Gasteiger partial charge in [0.15, 0.2) is 0 Å². The number of hydrogen-bond donors (Lipinski definition) is 0. The van der Waals surface area contributed by atoms with Crippen molar-refractivity contribution >= 4 is 91.1 Å². The second-order valence-corrected chi connectivity index (χ2v) is 16.3. The average molecular weight is 687 g/mol. The van der Waals surface area contributed by atoms with Crippen molar-refractivity contribution in [3.63, 3.8) is 0 Å². The molecule has 50 heavy (non-hydrogen) atoms. The number of aromatic nitrogens is 2. The van der Waals surface area contributed by atoms with Gasteiger partial charge in [-0.25, -0.2) is 4.98 Å². The molecule has 5 aromatic carbocycles. The number of fused-ring (bicyclic) bond motifs is 10. The lowest BCUT2D eigenvalue weighted by Gasteiger charge is -2.20. The zero-order valence-electron chi connectivity index (χ0n) is 28.3. The van der Waals surface area contributed by atoms with E-state index in [0.717, 1.165) is 35.2 Å². The van der Waals surface area contributed by atoms with Crippen molar-refractivity contribution in [3.8, 4) is 17.3 Å². The predicted octanol–water partition coefficient (Wildman–Crippen LogP) is 12.4. The first-order valence-corrected chi connectivity index (χ1v) is 18.6. The molecule has 5 nitrogen and oxygen atoms in total. The third-order valence-electron chi connectivity index (χ3n) is 9.98. The number of benzene rings is 5. The van der Waals surface area contributed by atoms with Crippen LogP contribution in [0.4, 0.5) is 16.4 Å². The Bertz CT molecular complexity index is 2800. The van der Waals surface area contributed by atoms with Crippen LogP contribution in [0.1, 0.15) is 26.3 Å². The molecule has 7 heteroatoms. The van der Waals surface area contributed by atoms with Gasteiger partial charge in [0.2, 0.25) is 0 Å². The van der Waals surface area contributed by atoms with Gasteiger partial charge in [-0.05, 0) is 65.6 Å². The van der Waals surface area contributed by atoms with Crippen molar-refractivity contribution in [1.29, 1.82) is 0 Å². The van der Waals surface area contributed by atoms with Gasteiger partial charge in [-0.15, -0.1) is 22.7 Å². The zero-order valence-corrected chi connectivity index (χ0v) is 29.9. The lowest BCUT2D eigenvalue weighted by Crippen LogP contribution is -2.24. The molecule has 10 rings (SSSR count). The first-order valence-electron chi connectivity index (χ1n) is 17.0. The quantitative estimate of drug-likeness (QED) is 0.185. The van der Waals surface area contributed by atoms with Crippen molar-refractivity contribution in [2.45, 2.75) is 26.2 Å². The van der Waals surface area contributed by atoms with Crippen molar-refractivity contribution in [2.75, 3.05) is 23.5 Å². The van der Waals surface area contributed by atoms with Gasteiger partial charge in [-0.1, -0.05) is 69.3 Å². The van der Waals surface area contributed by atoms with E-state index in [9.17, 15) is 0 Å². The van der Waals surface area contributed by atoms with Crippen molar-refractivity contribution in [2.24, 2.45) is 0 Å². The first-order chi connectivity index (χ1) is 24.3. The van der Waals surface area contributed by atoms with E-state index in [1.54, 1.807) is 0 Å². The van der Waals surface area contributed by atoms with E-state index in [2.05, 4.69) is 151 Å². The Morgan fingerprint density at radius 1 is 0.680 bits per heavy atom. The molecule has 0 saturated heterocycles. The lowest BCUT2D eigenvalue weighted by atomic mass is 9.88. The Morgan fingerprint density at radius 2 is 1.44 bits per heavy atom. The van der Waals surface area contributed by atoms with Crippen molar-refractivity contribution in [1.82, 2.24) is 9.55 Å². The molecule has 0 amide bonds. The first kappa shape index (κ1) is 29.5. The maximum Gasteiger partial charge on any atom is 0.137 e. The number of pyridine rings is 1. The van der Waals surface area contributed by atoms with E-state index in [1.165, 1.54) is 62.8 Å². The Labute approximate surface area is 298 Å². The van der Waals surface area contributed by atoms with E-state index in [1.807, 2.05) is 34.9 Å². The summed E-state index contributed by atoms with van der Waals surface area (Å²) >= 11 is 3.69. The summed E-state index contributed by atoms with van der Waals surface area (Å²) in [5.41, 5.74) is 5.91. The third-order valence-corrected chi connectivity index (χ3v) is 12.3. The smallest absolute Gasteiger partial charge is 0.137 e. The van der Waals surface area contributed by atoms with E-state index < -0.39 is 0 Å². The van der Waals surface area contributed by atoms with Crippen LogP contribution in [0.2, 0.25) is 0 Å². The molecule has 0 bridgehead atoms. The summed E-state index contributed by atoms with van der Waals surface area (Å²) in [6, 6.07) is 41.3. The summed E-state index contributed by atoms with van der Waals surface area (Å²) in [4.78, 5) is 9.72. The molecular weight excluding hydrogens is 653 g/mol. The molecule has 0 aliphatic carbocycles. The zero-order chi connectivity index (χ0) is 33.7. The summed E-state index contributed by atoms with van der Waals surface area (Å²) in [5.74, 6) is 2.51. The highest BCUT2D eigenvalue weighted by atomic mass is 32.1. The molecule has 244 valence electrons. The minimum atomic E-state index is -0.0130. The molecule has 0 spiro atoms. The summed E-state index contributed by atoms with van der Waals surface area (Å²) < 4.78 is 12.9. The second-order valence-electron chi connectivity index (χ2n) is 14.2. The normalized spacial score (nSPS) is 13.4. The summed E-state index contributed by atoms with van der Waals surface area (Å²) in [6.45, 7) is 7.56. The number of anilines is 3. The van der Waals surface area contributed by atoms with Gasteiger partial charge in [0.25, 0.3) is 0 Å². The molecule has 0 atom stereocenters. The lowest BCUT2D eigenvalue weighted by molar-refractivity contribution is 0.483. The molecule has 5 heterocycles. The molecule has 1 aliphatic heterocycles. The van der Waals surface area contributed by atoms with Gasteiger partial charge in [0.05, 0.1) is 23.4 Å². The SMILES string of the molecule is CN1CN(c2cccc(Oc3ccc4c5ccc6sc7ccccc7c6c5n(-c5cc(C(C)(C)C)ccn5)c4c3)c2)c2sc3ccccc3c21. The number of thiophene rings is 2. The minimum Gasteiger partial charge on any atom is -0.457 e. The van der Waals surface area contributed by atoms with Gasteiger partial charge in [-0.3, -0.25) is 4.57 Å². The average Bonchev–Trinajstić information content (AvgIpc) is 3.86. The standard InChI is InChI=1S/C43H34N4OS2/c1-43(2,3)26-20-21-44-38(22-26)47-34-24-29(16-17-30(34)31-18-19-37-39(40(31)47)32-12-5-7-14-35(32)49-37)48-28-11-9-10-27(23-28)46-25-45(4)41-33-13-6-8-15-36(33)50-42(41)46/h5-24H,25H2,1-4H3. The third kappa shape index (κ3) is 4.47. The topological polar surface area (TPSA) is 33.5 Å². The van der Waals surface area contributed by atoms with Crippen LogP contribution < -0.4 is 14.5 Å². The van der Waals surface area contributed by atoms with E-state index >= 15 is 0 Å². The largest absolute Gasteiger partial charge is 0.457 e. The molecule has 0 fully saturated rings. The number of ether oxygens (including phenoxy) is 1. The fraction of sp³-hybridized carbons (Fsp3) is 0.140. The van der Waals surface area contributed by atoms with Gasteiger partial charge in [0.1, 0.15) is 22.3 Å². The highest BCUT2D eigenvalue weighted by Crippen LogP contribution is 2.51. The van der Waals surface area contributed by atoms with E-state index in [-0.39, 0.29) is 5.41 Å². The maximum atomic E-state index is 6.70. The molecule has 1 aliphatic rings. The number of hydrogen-bond acceptors (Lipinski definition) is 6. The Morgan fingerprint density at radius 3 is 2.28 bits per heavy atom. The highest BCUT2D eigenvalue weighted by molar-refractivity contribution is 7.26. The molecule has 0 saturated carbocycles. The van der Waals surface area contributed by atoms with Crippen molar-refractivity contribution in [3.05, 3.63) is 127 Å². The van der Waals surface area contributed by atoms with Crippen molar-refractivity contribution < 1.29 is 4.74 Å². The van der Waals surface area contributed by atoms with Crippen LogP contribution in [0, 0.1) is 0 Å². The maximum absolute atomic E-state index is 6.70. The minimum absolute atomic E-state index is 0.0130. The Hall–Kier alpha value is -5.37. The number of nitrogens with zero attached hydrogens (tertiary/aromatic N) is 4. The fourth-order valence-electron chi connectivity index (χ4n) is 7.57. The molecular formula is C43H34N4OS2.